The number of ether oxygens (including phenoxy) is 1. The molecular formula is C22H24N4O5. The molecule has 0 aliphatic heterocycles. The Morgan fingerprint density at radius 3 is 2.58 bits per heavy atom. The van der Waals surface area contributed by atoms with Crippen LogP contribution in [-0.2, 0) is 31.1 Å². The van der Waals surface area contributed by atoms with Crippen LogP contribution in [0.5, 0.6) is 0 Å². The van der Waals surface area contributed by atoms with E-state index >= 15 is 0 Å². The maximum Gasteiger partial charge on any atom is 0.328 e. The van der Waals surface area contributed by atoms with E-state index in [1.807, 2.05) is 30.3 Å². The number of nitrogens with zero attached hydrogens (tertiary/aromatic N) is 1. The van der Waals surface area contributed by atoms with Gasteiger partial charge in [0.2, 0.25) is 5.91 Å². The highest BCUT2D eigenvalue weighted by atomic mass is 16.5. The summed E-state index contributed by atoms with van der Waals surface area (Å²) in [5.41, 5.74) is -0.352. The Bertz CT molecular complexity index is 1080. The number of carboxylic acids is 1. The average Bonchev–Trinajstić information content (AvgIpc) is 3.29. The lowest BCUT2D eigenvalue weighted by molar-refractivity contribution is -0.146. The summed E-state index contributed by atoms with van der Waals surface area (Å²) in [4.78, 5) is 43.4. The second kappa shape index (κ2) is 9.40. The molecule has 0 radical (unpaired) electrons. The van der Waals surface area contributed by atoms with Crippen LogP contribution in [0.3, 0.4) is 0 Å². The fourth-order valence-electron chi connectivity index (χ4n) is 3.26. The molecule has 2 aromatic carbocycles. The molecule has 162 valence electrons. The summed E-state index contributed by atoms with van der Waals surface area (Å²) in [6, 6.07) is 12.0. The van der Waals surface area contributed by atoms with E-state index in [9.17, 15) is 19.5 Å². The third-order valence-corrected chi connectivity index (χ3v) is 5.16. The third kappa shape index (κ3) is 5.07. The van der Waals surface area contributed by atoms with E-state index in [1.54, 1.807) is 18.3 Å². The van der Waals surface area contributed by atoms with Crippen molar-refractivity contribution in [2.75, 3.05) is 13.7 Å². The number of imidazole rings is 1. The van der Waals surface area contributed by atoms with Crippen LogP contribution in [0.15, 0.2) is 55.0 Å². The summed E-state index contributed by atoms with van der Waals surface area (Å²) in [6.45, 7) is 1.18. The third-order valence-electron chi connectivity index (χ3n) is 5.16. The molecule has 0 aliphatic carbocycles. The van der Waals surface area contributed by atoms with Crippen LogP contribution < -0.4 is 10.6 Å². The number of esters is 1. The van der Waals surface area contributed by atoms with E-state index in [1.165, 1.54) is 20.4 Å². The fourth-order valence-corrected chi connectivity index (χ4v) is 3.26. The van der Waals surface area contributed by atoms with Crippen molar-refractivity contribution in [3.05, 3.63) is 66.2 Å². The van der Waals surface area contributed by atoms with Crippen molar-refractivity contribution in [2.24, 2.45) is 0 Å². The monoisotopic (exact) mass is 424 g/mol. The Labute approximate surface area is 178 Å². The van der Waals surface area contributed by atoms with Gasteiger partial charge in [-0.2, -0.15) is 0 Å². The van der Waals surface area contributed by atoms with E-state index in [-0.39, 0.29) is 13.0 Å². The fraction of sp³-hybridized carbons (Fsp3) is 0.273. The van der Waals surface area contributed by atoms with Gasteiger partial charge in [0, 0.05) is 18.3 Å². The number of rotatable bonds is 9. The first kappa shape index (κ1) is 22.0. The maximum atomic E-state index is 12.5. The minimum Gasteiger partial charge on any atom is -0.480 e. The number of aliphatic carboxylic acids is 1. The number of aromatic nitrogens is 2. The van der Waals surface area contributed by atoms with E-state index in [4.69, 9.17) is 4.74 Å². The van der Waals surface area contributed by atoms with Gasteiger partial charge in [-0.3, -0.25) is 10.1 Å². The lowest BCUT2D eigenvalue weighted by Gasteiger charge is -2.27. The molecule has 9 heteroatoms. The van der Waals surface area contributed by atoms with Crippen molar-refractivity contribution in [1.29, 1.82) is 0 Å². The van der Waals surface area contributed by atoms with Gasteiger partial charge in [0.25, 0.3) is 0 Å². The Kier molecular flexibility index (Phi) is 6.66. The Balaban J connectivity index is 1.72. The lowest BCUT2D eigenvalue weighted by Crippen LogP contribution is -2.52. The van der Waals surface area contributed by atoms with E-state index in [0.717, 1.165) is 10.8 Å². The molecule has 0 aliphatic rings. The van der Waals surface area contributed by atoms with Crippen LogP contribution in [0.2, 0.25) is 0 Å². The molecule has 4 N–H and O–H groups in total. The number of hydrogen-bond acceptors (Lipinski definition) is 6. The Morgan fingerprint density at radius 1 is 1.19 bits per heavy atom. The molecule has 0 bridgehead atoms. The second-order valence-electron chi connectivity index (χ2n) is 7.27. The van der Waals surface area contributed by atoms with Crippen molar-refractivity contribution in [1.82, 2.24) is 20.6 Å². The average molecular weight is 424 g/mol. The quantitative estimate of drug-likeness (QED) is 0.381. The van der Waals surface area contributed by atoms with Gasteiger partial charge >= 0.3 is 11.9 Å². The molecule has 1 aromatic heterocycles. The highest BCUT2D eigenvalue weighted by molar-refractivity contribution is 5.89. The van der Waals surface area contributed by atoms with Gasteiger partial charge in [-0.1, -0.05) is 36.4 Å². The van der Waals surface area contributed by atoms with Crippen molar-refractivity contribution in [2.45, 2.75) is 24.9 Å². The predicted octanol–water partition coefficient (Wildman–Crippen LogP) is 1.35. The molecule has 0 spiro atoms. The largest absolute Gasteiger partial charge is 0.480 e. The number of carboxylic acid groups (broad SMARTS) is 1. The minimum atomic E-state index is -1.51. The Hall–Kier alpha value is -3.72. The summed E-state index contributed by atoms with van der Waals surface area (Å²) in [5, 5.41) is 17.1. The number of H-pyrrole nitrogens is 1. The lowest BCUT2D eigenvalue weighted by atomic mass is 9.90. The number of methoxy groups -OCH3 is 1. The van der Waals surface area contributed by atoms with Gasteiger partial charge in [-0.05, 0) is 29.3 Å². The molecule has 2 atom stereocenters. The summed E-state index contributed by atoms with van der Waals surface area (Å²) in [7, 11) is 1.23. The summed E-state index contributed by atoms with van der Waals surface area (Å²) in [5.74, 6) is -2.28. The minimum absolute atomic E-state index is 0.166. The normalized spacial score (nSPS) is 13.9. The highest BCUT2D eigenvalue weighted by Gasteiger charge is 2.36. The first-order chi connectivity index (χ1) is 14.8. The van der Waals surface area contributed by atoms with Crippen molar-refractivity contribution < 1.29 is 24.2 Å². The number of aromatic amines is 1. The van der Waals surface area contributed by atoms with Gasteiger partial charge in [-0.15, -0.1) is 0 Å². The molecule has 3 aromatic rings. The molecule has 3 rings (SSSR count). The first-order valence-corrected chi connectivity index (χ1v) is 9.65. The molecule has 9 nitrogen and oxygen atoms in total. The van der Waals surface area contributed by atoms with E-state index < -0.39 is 29.4 Å². The molecular weight excluding hydrogens is 400 g/mol. The number of hydrogen-bond donors (Lipinski definition) is 4. The molecule has 1 unspecified atom stereocenters. The highest BCUT2D eigenvalue weighted by Crippen LogP contribution is 2.25. The maximum absolute atomic E-state index is 12.5. The van der Waals surface area contributed by atoms with Crippen LogP contribution in [0, 0.1) is 0 Å². The van der Waals surface area contributed by atoms with Crippen LogP contribution in [-0.4, -0.2) is 52.6 Å². The Morgan fingerprint density at radius 2 is 1.94 bits per heavy atom. The zero-order valence-corrected chi connectivity index (χ0v) is 17.2. The van der Waals surface area contributed by atoms with Gasteiger partial charge in [0.15, 0.2) is 0 Å². The van der Waals surface area contributed by atoms with Crippen molar-refractivity contribution >= 4 is 28.6 Å². The number of fused-ring (bicyclic) bond motifs is 1. The summed E-state index contributed by atoms with van der Waals surface area (Å²) >= 11 is 0. The standard InChI is InChI=1S/C22H24N4O5/c1-22(21(29)30,16-8-7-14-5-3-4-6-15(14)9-16)25-12-19(27)26-18(20(28)31-2)10-17-11-23-13-24-17/h3-9,11,13,18,25H,10,12H2,1-2H3,(H,23,24)(H,26,27)(H,29,30)/t18-,22?/m1/s1. The SMILES string of the molecule is COC(=O)[C@@H](Cc1cnc[nH]1)NC(=O)CNC(C)(C(=O)O)c1ccc2ccccc2c1. The van der Waals surface area contributed by atoms with Crippen LogP contribution in [0.25, 0.3) is 10.8 Å². The first-order valence-electron chi connectivity index (χ1n) is 9.65. The van der Waals surface area contributed by atoms with Gasteiger partial charge < -0.3 is 20.1 Å². The number of amides is 1. The number of carbonyl (C=O) groups is 3. The van der Waals surface area contributed by atoms with E-state index in [2.05, 4.69) is 20.6 Å². The topological polar surface area (TPSA) is 133 Å². The molecule has 31 heavy (non-hydrogen) atoms. The summed E-state index contributed by atoms with van der Waals surface area (Å²) in [6.07, 6.45) is 3.18. The smallest absolute Gasteiger partial charge is 0.328 e. The number of benzene rings is 2. The van der Waals surface area contributed by atoms with Crippen LogP contribution in [0.1, 0.15) is 18.2 Å². The zero-order valence-electron chi connectivity index (χ0n) is 17.2. The van der Waals surface area contributed by atoms with Crippen LogP contribution in [0.4, 0.5) is 0 Å². The van der Waals surface area contributed by atoms with Crippen molar-refractivity contribution in [3.63, 3.8) is 0 Å². The van der Waals surface area contributed by atoms with Gasteiger partial charge in [-0.25, -0.2) is 14.6 Å². The molecule has 0 saturated carbocycles. The van der Waals surface area contributed by atoms with Crippen LogP contribution >= 0.6 is 0 Å². The zero-order chi connectivity index (χ0) is 22.4. The van der Waals surface area contributed by atoms with Gasteiger partial charge in [0.1, 0.15) is 11.6 Å². The molecule has 0 saturated heterocycles. The molecule has 1 heterocycles. The number of nitrogens with one attached hydrogen (secondary N) is 3. The second-order valence-corrected chi connectivity index (χ2v) is 7.27. The van der Waals surface area contributed by atoms with E-state index in [0.29, 0.717) is 11.3 Å². The van der Waals surface area contributed by atoms with Crippen molar-refractivity contribution in [3.8, 4) is 0 Å². The number of carbonyl (C=O) groups excluding carboxylic acids is 2. The summed E-state index contributed by atoms with van der Waals surface area (Å²) < 4.78 is 4.75. The molecule has 1 amide bonds. The van der Waals surface area contributed by atoms with Gasteiger partial charge in [0.05, 0.1) is 20.0 Å². The molecule has 0 fully saturated rings. The predicted molar refractivity (Wildman–Crippen MR) is 113 cm³/mol.